The van der Waals surface area contributed by atoms with Crippen molar-refractivity contribution in [3.05, 3.63) is 53.6 Å². The molecule has 1 fully saturated rings. The largest absolute Gasteiger partial charge is 0.481 e. The van der Waals surface area contributed by atoms with Crippen molar-refractivity contribution in [3.63, 3.8) is 0 Å². The zero-order valence-electron chi connectivity index (χ0n) is 50.7. The van der Waals surface area contributed by atoms with Gasteiger partial charge in [0.1, 0.15) is 24.2 Å². The van der Waals surface area contributed by atoms with Crippen LogP contribution in [0, 0.1) is 0 Å². The maximum absolute atomic E-state index is 13.7. The van der Waals surface area contributed by atoms with Gasteiger partial charge in [-0.2, -0.15) is 0 Å². The van der Waals surface area contributed by atoms with E-state index < -0.39 is 139 Å². The first-order valence-electron chi connectivity index (χ1n) is 29.4. The van der Waals surface area contributed by atoms with Crippen LogP contribution in [0.4, 0.5) is 15.3 Å². The lowest BCUT2D eigenvalue weighted by Gasteiger charge is -2.32. The van der Waals surface area contributed by atoms with Gasteiger partial charge in [-0.25, -0.2) is 28.8 Å². The van der Waals surface area contributed by atoms with E-state index >= 15 is 0 Å². The summed E-state index contributed by atoms with van der Waals surface area (Å²) in [6, 6.07) is 1.80. The molecule has 1 heterocycles. The third-order valence-corrected chi connectivity index (χ3v) is 14.1. The SMILES string of the molecule is O=C(O)CC[C@H](NC(=O)N[C@@H](CCCCNC(=O)c1cc(C(=O)NCCCC[C@H](NC(=O)N[C@@H](CCC(=O)O)C(=O)O)C(=O)O)cc(-c2ccc(NC(=O)CCNC(=O)CN3CCN(CC(=O)O)CCN(CC(=O)O)CCN(CC(=O)O)CC3)cc2)c1)C(=O)O)C(=O)O. The Balaban J connectivity index is 1.72. The van der Waals surface area contributed by atoms with E-state index in [1.807, 2.05) is 10.6 Å². The molecule has 36 heteroatoms. The third kappa shape index (κ3) is 32.0. The number of amides is 8. The van der Waals surface area contributed by atoms with Gasteiger partial charge < -0.3 is 88.5 Å². The Morgan fingerprint density at radius 1 is 0.355 bits per heavy atom. The smallest absolute Gasteiger partial charge is 0.326 e. The van der Waals surface area contributed by atoms with Gasteiger partial charge in [0.15, 0.2) is 0 Å². The van der Waals surface area contributed by atoms with Crippen LogP contribution in [0.3, 0.4) is 0 Å². The number of anilines is 1. The minimum Gasteiger partial charge on any atom is -0.481 e. The van der Waals surface area contributed by atoms with E-state index in [0.29, 0.717) is 16.8 Å². The van der Waals surface area contributed by atoms with Gasteiger partial charge in [-0.3, -0.25) is 62.8 Å². The Bertz CT molecular complexity index is 2830. The first kappa shape index (κ1) is 77.2. The number of carbonyl (C=O) groups is 15. The molecular formula is C57H80N12O24. The summed E-state index contributed by atoms with van der Waals surface area (Å²) in [5.74, 6) is -14.3. The van der Waals surface area contributed by atoms with Crippen molar-refractivity contribution < 1.29 is 118 Å². The maximum Gasteiger partial charge on any atom is 0.326 e. The number of unbranched alkanes of at least 4 members (excludes halogenated alkanes) is 2. The molecule has 0 bridgehead atoms. The van der Waals surface area contributed by atoms with Gasteiger partial charge in [-0.15, -0.1) is 0 Å². The summed E-state index contributed by atoms with van der Waals surface area (Å²) in [4.78, 5) is 189. The highest BCUT2D eigenvalue weighted by Gasteiger charge is 2.28. The van der Waals surface area contributed by atoms with E-state index in [4.69, 9.17) is 10.2 Å². The van der Waals surface area contributed by atoms with E-state index in [1.54, 1.807) is 31.7 Å². The van der Waals surface area contributed by atoms with Gasteiger partial charge in [-0.05, 0) is 92.8 Å². The molecule has 1 aliphatic rings. The molecule has 0 spiro atoms. The molecule has 3 rings (SSSR count). The number of rotatable bonds is 39. The zero-order valence-corrected chi connectivity index (χ0v) is 50.7. The minimum absolute atomic E-state index is 0.0223. The van der Waals surface area contributed by atoms with Crippen molar-refractivity contribution in [1.29, 1.82) is 0 Å². The van der Waals surface area contributed by atoms with Crippen molar-refractivity contribution in [3.8, 4) is 11.1 Å². The first-order valence-corrected chi connectivity index (χ1v) is 29.4. The van der Waals surface area contributed by atoms with Crippen LogP contribution in [0.15, 0.2) is 42.5 Å². The topological polar surface area (TPSA) is 547 Å². The van der Waals surface area contributed by atoms with Crippen molar-refractivity contribution in [1.82, 2.24) is 56.8 Å². The van der Waals surface area contributed by atoms with Crippen LogP contribution in [0.25, 0.3) is 11.1 Å². The van der Waals surface area contributed by atoms with E-state index in [2.05, 4.69) is 31.9 Å². The summed E-state index contributed by atoms with van der Waals surface area (Å²) in [5, 5.41) is 103. The molecule has 0 aliphatic carbocycles. The normalized spacial score (nSPS) is 14.7. The first-order chi connectivity index (χ1) is 44.0. The molecule has 36 nitrogen and oxygen atoms in total. The zero-order chi connectivity index (χ0) is 69.2. The second-order valence-corrected chi connectivity index (χ2v) is 21.5. The molecule has 0 radical (unpaired) electrons. The Labute approximate surface area is 531 Å². The van der Waals surface area contributed by atoms with Crippen LogP contribution in [0.1, 0.15) is 91.3 Å². The van der Waals surface area contributed by atoms with Crippen molar-refractivity contribution in [2.75, 3.05) is 103 Å². The van der Waals surface area contributed by atoms with Gasteiger partial charge in [0.25, 0.3) is 11.8 Å². The molecule has 512 valence electrons. The van der Waals surface area contributed by atoms with Crippen molar-refractivity contribution in [2.45, 2.75) is 94.8 Å². The molecule has 1 saturated heterocycles. The van der Waals surface area contributed by atoms with Crippen LogP contribution in [0.5, 0.6) is 0 Å². The highest BCUT2D eigenvalue weighted by molar-refractivity contribution is 6.02. The Kier molecular flexibility index (Phi) is 33.7. The van der Waals surface area contributed by atoms with Crippen LogP contribution < -0.4 is 42.5 Å². The summed E-state index contributed by atoms with van der Waals surface area (Å²) in [5.41, 5.74) is 1.05. The van der Waals surface area contributed by atoms with E-state index in [9.17, 15) is 108 Å². The fraction of sp³-hybridized carbons (Fsp3) is 0.526. The molecule has 0 aromatic heterocycles. The number of nitrogens with one attached hydrogen (secondary N) is 8. The summed E-state index contributed by atoms with van der Waals surface area (Å²) < 4.78 is 0. The minimum atomic E-state index is -1.62. The number of urea groups is 2. The van der Waals surface area contributed by atoms with Crippen LogP contribution in [0.2, 0.25) is 0 Å². The summed E-state index contributed by atoms with van der Waals surface area (Å²) in [6.07, 6.45) is -2.13. The average Bonchev–Trinajstić information content (AvgIpc) is 0.847. The number of carbonyl (C=O) groups excluding carboxylic acids is 6. The second-order valence-electron chi connectivity index (χ2n) is 21.5. The molecule has 4 atom stereocenters. The van der Waals surface area contributed by atoms with Crippen molar-refractivity contribution in [2.24, 2.45) is 0 Å². The predicted molar refractivity (Wildman–Crippen MR) is 322 cm³/mol. The Morgan fingerprint density at radius 2 is 0.699 bits per heavy atom. The van der Waals surface area contributed by atoms with Crippen LogP contribution in [-0.4, -0.2) is 277 Å². The summed E-state index contributed by atoms with van der Waals surface area (Å²) in [6.45, 7) is 0.0969. The number of hydrogen-bond donors (Lipinski definition) is 17. The fourth-order valence-corrected chi connectivity index (χ4v) is 9.22. The molecule has 8 amide bonds. The molecule has 17 N–H and O–H groups in total. The predicted octanol–water partition coefficient (Wildman–Crippen LogP) is -1.79. The third-order valence-electron chi connectivity index (χ3n) is 14.1. The second kappa shape index (κ2) is 40.6. The van der Waals surface area contributed by atoms with Crippen molar-refractivity contribution >= 4 is 95.1 Å². The standard InChI is InChI=1S/C57H80N12O24/c70-43(15-18-58-44(71)30-66-19-21-67(31-47(76)77)23-25-69(33-49(80)81)26-24-68(22-20-66)32-48(78)79)61-38-9-7-34(8-10-38)35-27-36(50(82)59-16-3-1-5-39(52(84)85)62-56(92)64-41(54(88)89)11-13-45(72)73)29-37(28-35)51(83)60-17-4-2-6-40(53(86)87)63-57(93)65-42(55(90)91)12-14-46(74)75/h7-10,27-29,39-42H,1-6,11-26,30-33H2,(H,58,71)(H,59,82)(H,60,83)(H,61,70)(H,72,73)(H,74,75)(H,76,77)(H,78,79)(H,80,81)(H,84,85)(H,86,87)(H,88,89)(H,90,91)(H2,62,64,92)(H2,63,65,93)/t39-,40-,41-,42-/m0/s1. The monoisotopic (exact) mass is 1320 g/mol. The van der Waals surface area contributed by atoms with Crippen LogP contribution >= 0.6 is 0 Å². The number of nitrogens with zero attached hydrogens (tertiary/aromatic N) is 4. The van der Waals surface area contributed by atoms with E-state index in [-0.39, 0.29) is 154 Å². The molecule has 0 unspecified atom stereocenters. The summed E-state index contributed by atoms with van der Waals surface area (Å²) in [7, 11) is 0. The Hall–Kier alpha value is -10.1. The number of carboxylic acids is 9. The highest BCUT2D eigenvalue weighted by Crippen LogP contribution is 2.25. The number of carboxylic acid groups (broad SMARTS) is 9. The van der Waals surface area contributed by atoms with Crippen LogP contribution in [-0.2, 0) is 52.7 Å². The van der Waals surface area contributed by atoms with Gasteiger partial charge in [0, 0.05) is 108 Å². The summed E-state index contributed by atoms with van der Waals surface area (Å²) >= 11 is 0. The van der Waals surface area contributed by atoms with Gasteiger partial charge in [0.2, 0.25) is 11.8 Å². The number of benzene rings is 2. The van der Waals surface area contributed by atoms with E-state index in [0.717, 1.165) is 0 Å². The molecule has 2 aromatic rings. The number of hydrogen-bond acceptors (Lipinski definition) is 19. The lowest BCUT2D eigenvalue weighted by molar-refractivity contribution is -0.142. The molecule has 0 saturated carbocycles. The average molecular weight is 1320 g/mol. The molecular weight excluding hydrogens is 1240 g/mol. The lowest BCUT2D eigenvalue weighted by Crippen LogP contribution is -2.51. The fourth-order valence-electron chi connectivity index (χ4n) is 9.22. The maximum atomic E-state index is 13.7. The van der Waals surface area contributed by atoms with Gasteiger partial charge >= 0.3 is 65.8 Å². The highest BCUT2D eigenvalue weighted by atomic mass is 16.4. The molecule has 2 aromatic carbocycles. The molecule has 93 heavy (non-hydrogen) atoms. The number of aliphatic carboxylic acids is 9. The van der Waals surface area contributed by atoms with E-state index in [1.165, 1.54) is 30.3 Å². The quantitative estimate of drug-likeness (QED) is 0.0329. The lowest BCUT2D eigenvalue weighted by atomic mass is 9.98. The van der Waals surface area contributed by atoms with Gasteiger partial charge in [-0.1, -0.05) is 12.1 Å². The molecule has 1 aliphatic heterocycles. The Morgan fingerprint density at radius 3 is 1.03 bits per heavy atom. The van der Waals surface area contributed by atoms with Gasteiger partial charge in [0.05, 0.1) is 26.2 Å².